The van der Waals surface area contributed by atoms with E-state index in [9.17, 15) is 19.5 Å². The smallest absolute Gasteiger partial charge is 0.407 e. The molecule has 0 bridgehead atoms. The minimum Gasteiger partial charge on any atom is -0.481 e. The molecule has 1 fully saturated rings. The predicted molar refractivity (Wildman–Crippen MR) is 150 cm³/mol. The van der Waals surface area contributed by atoms with Crippen LogP contribution in [0.25, 0.3) is 11.1 Å². The molecule has 0 radical (unpaired) electrons. The average Bonchev–Trinajstić information content (AvgIpc) is 3.57. The maximum Gasteiger partial charge on any atom is 0.407 e. The number of nitrogens with one attached hydrogen (secondary N) is 2. The summed E-state index contributed by atoms with van der Waals surface area (Å²) in [5.74, 6) is -1.87. The molecular formula is C32H34N2O6. The highest BCUT2D eigenvalue weighted by Gasteiger charge is 2.35. The van der Waals surface area contributed by atoms with Crippen LogP contribution in [0, 0.1) is 5.92 Å². The van der Waals surface area contributed by atoms with Crippen LogP contribution in [-0.4, -0.2) is 47.9 Å². The summed E-state index contributed by atoms with van der Waals surface area (Å²) in [4.78, 5) is 37.8. The van der Waals surface area contributed by atoms with Crippen LogP contribution in [0.3, 0.4) is 0 Å². The fourth-order valence-electron chi connectivity index (χ4n) is 5.69. The first-order valence-electron chi connectivity index (χ1n) is 13.7. The molecule has 3 aromatic rings. The number of amides is 2. The molecule has 2 aliphatic carbocycles. The number of carbonyl (C=O) groups is 3. The van der Waals surface area contributed by atoms with Crippen LogP contribution in [0.5, 0.6) is 0 Å². The fraction of sp³-hybridized carbons (Fsp3) is 0.344. The first kappa shape index (κ1) is 27.4. The van der Waals surface area contributed by atoms with Crippen molar-refractivity contribution in [3.05, 3.63) is 95.6 Å². The molecule has 2 amide bonds. The monoisotopic (exact) mass is 542 g/mol. The lowest BCUT2D eigenvalue weighted by Gasteiger charge is -2.26. The van der Waals surface area contributed by atoms with Gasteiger partial charge < -0.3 is 25.2 Å². The highest BCUT2D eigenvalue weighted by atomic mass is 16.5. The molecule has 0 unspecified atom stereocenters. The molecule has 8 heteroatoms. The van der Waals surface area contributed by atoms with E-state index < -0.39 is 36.0 Å². The van der Waals surface area contributed by atoms with Crippen molar-refractivity contribution in [3.8, 4) is 11.1 Å². The van der Waals surface area contributed by atoms with Gasteiger partial charge in [-0.15, -0.1) is 0 Å². The van der Waals surface area contributed by atoms with Gasteiger partial charge >= 0.3 is 12.1 Å². The molecule has 2 aliphatic rings. The normalized spacial score (nSPS) is 19.2. The Morgan fingerprint density at radius 3 is 2.15 bits per heavy atom. The van der Waals surface area contributed by atoms with E-state index in [1.54, 1.807) is 6.92 Å². The van der Waals surface area contributed by atoms with Gasteiger partial charge in [0.2, 0.25) is 5.91 Å². The van der Waals surface area contributed by atoms with Crippen LogP contribution in [0.4, 0.5) is 4.79 Å². The second-order valence-corrected chi connectivity index (χ2v) is 10.5. The van der Waals surface area contributed by atoms with Crippen molar-refractivity contribution in [1.29, 1.82) is 0 Å². The van der Waals surface area contributed by atoms with Crippen LogP contribution >= 0.6 is 0 Å². The summed E-state index contributed by atoms with van der Waals surface area (Å²) in [5.41, 5.74) is 5.39. The van der Waals surface area contributed by atoms with Crippen LogP contribution in [0.1, 0.15) is 48.8 Å². The van der Waals surface area contributed by atoms with Crippen molar-refractivity contribution < 1.29 is 29.0 Å². The van der Waals surface area contributed by atoms with Gasteiger partial charge in [0, 0.05) is 12.0 Å². The zero-order valence-electron chi connectivity index (χ0n) is 22.4. The van der Waals surface area contributed by atoms with E-state index in [0.29, 0.717) is 19.3 Å². The Morgan fingerprint density at radius 2 is 1.52 bits per heavy atom. The first-order chi connectivity index (χ1) is 19.4. The van der Waals surface area contributed by atoms with Gasteiger partial charge in [0.1, 0.15) is 12.6 Å². The molecule has 0 saturated heterocycles. The standard InChI is InChI=1S/C32H34N2O6/c1-20(39-18-21-9-3-2-4-10-21)29(30(35)33-23-16-15-22(17-23)31(36)37)34-32(38)40-19-28-26-13-7-5-11-24(26)25-12-6-8-14-27(25)28/h2-14,20,22-23,28-29H,15-19H2,1H3,(H,33,35)(H,34,38)(H,36,37)/t20-,22-,23+,29+/m0/s1. The number of alkyl carbamates (subject to hydrolysis) is 1. The summed E-state index contributed by atoms with van der Waals surface area (Å²) in [6.07, 6.45) is 0.0481. The molecule has 0 aliphatic heterocycles. The summed E-state index contributed by atoms with van der Waals surface area (Å²) in [6, 6.07) is 24.4. The number of ether oxygens (including phenoxy) is 2. The topological polar surface area (TPSA) is 114 Å². The summed E-state index contributed by atoms with van der Waals surface area (Å²) < 4.78 is 11.7. The van der Waals surface area contributed by atoms with E-state index in [1.165, 1.54) is 0 Å². The second-order valence-electron chi connectivity index (χ2n) is 10.5. The number of benzene rings is 3. The average molecular weight is 543 g/mol. The zero-order chi connectivity index (χ0) is 28.1. The number of fused-ring (bicyclic) bond motifs is 3. The largest absolute Gasteiger partial charge is 0.481 e. The Morgan fingerprint density at radius 1 is 0.900 bits per heavy atom. The van der Waals surface area contributed by atoms with Gasteiger partial charge in [-0.25, -0.2) is 4.79 Å². The van der Waals surface area contributed by atoms with E-state index >= 15 is 0 Å². The summed E-state index contributed by atoms with van der Waals surface area (Å²) >= 11 is 0. The van der Waals surface area contributed by atoms with E-state index in [1.807, 2.05) is 66.7 Å². The van der Waals surface area contributed by atoms with Gasteiger partial charge in [-0.2, -0.15) is 0 Å². The molecule has 40 heavy (non-hydrogen) atoms. The van der Waals surface area contributed by atoms with Crippen molar-refractivity contribution in [2.45, 2.75) is 56.9 Å². The Bertz CT molecular complexity index is 1310. The Labute approximate surface area is 233 Å². The molecule has 0 heterocycles. The summed E-state index contributed by atoms with van der Waals surface area (Å²) in [6.45, 7) is 2.12. The third-order valence-corrected chi connectivity index (χ3v) is 7.85. The molecule has 3 N–H and O–H groups in total. The number of carboxylic acids is 1. The third-order valence-electron chi connectivity index (χ3n) is 7.85. The first-order valence-corrected chi connectivity index (χ1v) is 13.7. The minimum absolute atomic E-state index is 0.108. The van der Waals surface area contributed by atoms with Crippen LogP contribution in [0.15, 0.2) is 78.9 Å². The fourth-order valence-corrected chi connectivity index (χ4v) is 5.69. The van der Waals surface area contributed by atoms with E-state index in [2.05, 4.69) is 22.8 Å². The van der Waals surface area contributed by atoms with Gasteiger partial charge in [-0.05, 0) is 54.0 Å². The van der Waals surface area contributed by atoms with Gasteiger partial charge in [-0.1, -0.05) is 78.9 Å². The predicted octanol–water partition coefficient (Wildman–Crippen LogP) is 4.87. The molecule has 4 atom stereocenters. The Hall–Kier alpha value is -4.17. The molecule has 208 valence electrons. The number of carbonyl (C=O) groups excluding carboxylic acids is 2. The molecule has 5 rings (SSSR count). The number of carboxylic acid groups (broad SMARTS) is 1. The van der Waals surface area contributed by atoms with Crippen molar-refractivity contribution in [2.24, 2.45) is 5.92 Å². The molecule has 0 aromatic heterocycles. The third kappa shape index (κ3) is 6.18. The van der Waals surface area contributed by atoms with Gasteiger partial charge in [0.25, 0.3) is 0 Å². The van der Waals surface area contributed by atoms with Gasteiger partial charge in [0.15, 0.2) is 0 Å². The lowest BCUT2D eigenvalue weighted by molar-refractivity contribution is -0.141. The number of hydrogen-bond acceptors (Lipinski definition) is 5. The number of aliphatic carboxylic acids is 1. The zero-order valence-corrected chi connectivity index (χ0v) is 22.4. The lowest BCUT2D eigenvalue weighted by Crippen LogP contribution is -2.55. The highest BCUT2D eigenvalue weighted by molar-refractivity contribution is 5.86. The maximum atomic E-state index is 13.3. The van der Waals surface area contributed by atoms with Crippen LogP contribution in [0.2, 0.25) is 0 Å². The lowest BCUT2D eigenvalue weighted by atomic mass is 9.98. The van der Waals surface area contributed by atoms with E-state index in [-0.39, 0.29) is 25.2 Å². The maximum absolute atomic E-state index is 13.3. The SMILES string of the molecule is C[C@H](OCc1ccccc1)[C@@H](NC(=O)OCC1c2ccccc2-c2ccccc21)C(=O)N[C@@H]1CC[C@H](C(=O)O)C1. The molecule has 1 saturated carbocycles. The summed E-state index contributed by atoms with van der Waals surface area (Å²) in [7, 11) is 0. The van der Waals surface area contributed by atoms with Crippen molar-refractivity contribution in [2.75, 3.05) is 6.61 Å². The van der Waals surface area contributed by atoms with Gasteiger partial charge in [0.05, 0.1) is 18.6 Å². The van der Waals surface area contributed by atoms with Crippen molar-refractivity contribution >= 4 is 18.0 Å². The van der Waals surface area contributed by atoms with E-state index in [4.69, 9.17) is 9.47 Å². The minimum atomic E-state index is -1.02. The molecular weight excluding hydrogens is 508 g/mol. The van der Waals surface area contributed by atoms with Crippen LogP contribution < -0.4 is 10.6 Å². The highest BCUT2D eigenvalue weighted by Crippen LogP contribution is 2.44. The molecule has 0 spiro atoms. The number of hydrogen-bond donors (Lipinski definition) is 3. The Balaban J connectivity index is 1.25. The van der Waals surface area contributed by atoms with E-state index in [0.717, 1.165) is 27.8 Å². The van der Waals surface area contributed by atoms with Crippen molar-refractivity contribution in [3.63, 3.8) is 0 Å². The number of rotatable bonds is 10. The van der Waals surface area contributed by atoms with Crippen molar-refractivity contribution in [1.82, 2.24) is 10.6 Å². The summed E-state index contributed by atoms with van der Waals surface area (Å²) in [5, 5.41) is 15.0. The molecule has 3 aromatic carbocycles. The second kappa shape index (κ2) is 12.3. The van der Waals surface area contributed by atoms with Crippen LogP contribution in [-0.2, 0) is 25.7 Å². The van der Waals surface area contributed by atoms with Gasteiger partial charge in [-0.3, -0.25) is 9.59 Å². The molecule has 8 nitrogen and oxygen atoms in total. The quantitative estimate of drug-likeness (QED) is 0.337. The Kier molecular flexibility index (Phi) is 8.45.